The third kappa shape index (κ3) is 4.27. The molecule has 1 N–H and O–H groups in total. The van der Waals surface area contributed by atoms with Crippen LogP contribution in [0.5, 0.6) is 11.5 Å². The van der Waals surface area contributed by atoms with Crippen LogP contribution in [0.1, 0.15) is 27.6 Å². The standard InChI is InChI=1S/C25H26FN3O6/c1-4-27-14-16(25(32)33)23(30)15-12-17(26)19(13-18(15)27)28-8-10-29(11-9-28)24(31)22-20(34-2)6-5-7-21(22)35-3/h5-7,12-14H,4,8-11H2,1-3H3,(H,32,33). The molecule has 0 spiro atoms. The van der Waals surface area contributed by atoms with Crippen molar-refractivity contribution >= 4 is 28.5 Å². The summed E-state index contributed by atoms with van der Waals surface area (Å²) in [6, 6.07) is 7.80. The van der Waals surface area contributed by atoms with E-state index in [1.54, 1.807) is 33.7 Å². The summed E-state index contributed by atoms with van der Waals surface area (Å²) in [5.74, 6) is -1.38. The Balaban J connectivity index is 1.62. The normalized spacial score (nSPS) is 13.7. The molecule has 4 rings (SSSR count). The van der Waals surface area contributed by atoms with Crippen molar-refractivity contribution < 1.29 is 28.6 Å². The lowest BCUT2D eigenvalue weighted by atomic mass is 10.1. The number of anilines is 1. The molecular formula is C25H26FN3O6. The molecule has 9 nitrogen and oxygen atoms in total. The molecule has 3 aromatic rings. The number of aryl methyl sites for hydroxylation is 1. The van der Waals surface area contributed by atoms with Crippen LogP contribution in [0.2, 0.25) is 0 Å². The minimum Gasteiger partial charge on any atom is -0.496 e. The van der Waals surface area contributed by atoms with E-state index in [2.05, 4.69) is 0 Å². The van der Waals surface area contributed by atoms with Crippen LogP contribution in [-0.2, 0) is 6.54 Å². The van der Waals surface area contributed by atoms with Crippen LogP contribution in [0, 0.1) is 5.82 Å². The molecule has 2 aromatic carbocycles. The summed E-state index contributed by atoms with van der Waals surface area (Å²) < 4.78 is 27.4. The number of hydrogen-bond acceptors (Lipinski definition) is 6. The SMILES string of the molecule is CCn1cc(C(=O)O)c(=O)c2cc(F)c(N3CCN(C(=O)c4c(OC)cccc4OC)CC3)cc21. The maximum atomic E-state index is 15.1. The van der Waals surface area contributed by atoms with Gasteiger partial charge in [-0.3, -0.25) is 9.59 Å². The largest absolute Gasteiger partial charge is 0.496 e. The number of benzene rings is 2. The number of aromatic nitrogens is 1. The number of rotatable bonds is 6. The van der Waals surface area contributed by atoms with E-state index in [1.165, 1.54) is 20.4 Å². The first-order chi connectivity index (χ1) is 16.8. The van der Waals surface area contributed by atoms with Crippen molar-refractivity contribution in [3.63, 3.8) is 0 Å². The predicted octanol–water partition coefficient (Wildman–Crippen LogP) is 2.84. The first kappa shape index (κ1) is 24.1. The third-order valence-electron chi connectivity index (χ3n) is 6.27. The van der Waals surface area contributed by atoms with Gasteiger partial charge in [-0.05, 0) is 31.2 Å². The molecule has 0 unspecified atom stereocenters. The molecule has 184 valence electrons. The number of carbonyl (C=O) groups is 2. The highest BCUT2D eigenvalue weighted by molar-refractivity contribution is 6.00. The van der Waals surface area contributed by atoms with Gasteiger partial charge in [-0.15, -0.1) is 0 Å². The average Bonchev–Trinajstić information content (AvgIpc) is 2.87. The number of amides is 1. The van der Waals surface area contributed by atoms with Crippen molar-refractivity contribution in [3.8, 4) is 11.5 Å². The highest BCUT2D eigenvalue weighted by atomic mass is 19.1. The molecule has 1 aliphatic heterocycles. The van der Waals surface area contributed by atoms with E-state index in [1.807, 2.05) is 11.8 Å². The van der Waals surface area contributed by atoms with Gasteiger partial charge in [0.2, 0.25) is 5.43 Å². The second kappa shape index (κ2) is 9.65. The summed E-state index contributed by atoms with van der Waals surface area (Å²) in [6.07, 6.45) is 1.28. The molecule has 1 amide bonds. The number of nitrogens with zero attached hydrogens (tertiary/aromatic N) is 3. The van der Waals surface area contributed by atoms with Gasteiger partial charge < -0.3 is 28.9 Å². The van der Waals surface area contributed by atoms with Crippen molar-refractivity contribution in [3.05, 3.63) is 63.7 Å². The van der Waals surface area contributed by atoms with E-state index < -0.39 is 22.8 Å². The van der Waals surface area contributed by atoms with Crippen LogP contribution in [0.3, 0.4) is 0 Å². The zero-order valence-corrected chi connectivity index (χ0v) is 19.7. The Morgan fingerprint density at radius 1 is 1.06 bits per heavy atom. The van der Waals surface area contributed by atoms with E-state index in [9.17, 15) is 19.5 Å². The Labute approximate surface area is 200 Å². The Kier molecular flexibility index (Phi) is 6.63. The minimum absolute atomic E-state index is 0.0186. The van der Waals surface area contributed by atoms with E-state index in [0.29, 0.717) is 61.0 Å². The van der Waals surface area contributed by atoms with Crippen LogP contribution in [0.15, 0.2) is 41.3 Å². The summed E-state index contributed by atoms with van der Waals surface area (Å²) in [7, 11) is 2.97. The van der Waals surface area contributed by atoms with Gasteiger partial charge in [-0.2, -0.15) is 0 Å². The van der Waals surface area contributed by atoms with Gasteiger partial charge in [0.15, 0.2) is 0 Å². The Hall–Kier alpha value is -4.08. The fourth-order valence-electron chi connectivity index (χ4n) is 4.43. The molecule has 1 aromatic heterocycles. The average molecular weight is 483 g/mol. The number of halogens is 1. The molecule has 2 heterocycles. The number of carboxylic acid groups (broad SMARTS) is 1. The molecule has 1 fully saturated rings. The van der Waals surface area contributed by atoms with Gasteiger partial charge in [0, 0.05) is 44.3 Å². The van der Waals surface area contributed by atoms with Crippen molar-refractivity contribution in [2.24, 2.45) is 0 Å². The Morgan fingerprint density at radius 3 is 2.23 bits per heavy atom. The monoisotopic (exact) mass is 483 g/mol. The summed E-state index contributed by atoms with van der Waals surface area (Å²) >= 11 is 0. The number of aromatic carboxylic acids is 1. The number of pyridine rings is 1. The van der Waals surface area contributed by atoms with Crippen LogP contribution in [0.25, 0.3) is 10.9 Å². The molecule has 35 heavy (non-hydrogen) atoms. The van der Waals surface area contributed by atoms with E-state index in [-0.39, 0.29) is 11.3 Å². The second-order valence-corrected chi connectivity index (χ2v) is 8.10. The lowest BCUT2D eigenvalue weighted by Crippen LogP contribution is -2.49. The van der Waals surface area contributed by atoms with Crippen LogP contribution in [-0.4, -0.2) is 66.8 Å². The molecular weight excluding hydrogens is 457 g/mol. The number of hydrogen-bond donors (Lipinski definition) is 1. The summed E-state index contributed by atoms with van der Waals surface area (Å²) in [5.41, 5.74) is -0.0291. The van der Waals surface area contributed by atoms with Crippen molar-refractivity contribution in [2.75, 3.05) is 45.3 Å². The maximum Gasteiger partial charge on any atom is 0.341 e. The topological polar surface area (TPSA) is 101 Å². The molecule has 10 heteroatoms. The zero-order chi connectivity index (χ0) is 25.3. The second-order valence-electron chi connectivity index (χ2n) is 8.10. The van der Waals surface area contributed by atoms with Gasteiger partial charge in [-0.25, -0.2) is 9.18 Å². The van der Waals surface area contributed by atoms with Gasteiger partial charge in [0.25, 0.3) is 5.91 Å². The first-order valence-electron chi connectivity index (χ1n) is 11.2. The predicted molar refractivity (Wildman–Crippen MR) is 128 cm³/mol. The molecule has 0 saturated carbocycles. The molecule has 0 radical (unpaired) electrons. The number of fused-ring (bicyclic) bond motifs is 1. The molecule has 0 atom stereocenters. The zero-order valence-electron chi connectivity index (χ0n) is 19.7. The molecule has 0 aliphatic carbocycles. The number of ether oxygens (including phenoxy) is 2. The summed E-state index contributed by atoms with van der Waals surface area (Å²) in [4.78, 5) is 40.8. The van der Waals surface area contributed by atoms with Crippen molar-refractivity contribution in [1.29, 1.82) is 0 Å². The fraction of sp³-hybridized carbons (Fsp3) is 0.320. The molecule has 0 bridgehead atoms. The number of carbonyl (C=O) groups excluding carboxylic acids is 1. The van der Waals surface area contributed by atoms with Crippen LogP contribution >= 0.6 is 0 Å². The lowest BCUT2D eigenvalue weighted by Gasteiger charge is -2.36. The Bertz CT molecular complexity index is 1340. The van der Waals surface area contributed by atoms with Gasteiger partial charge in [0.05, 0.1) is 25.4 Å². The van der Waals surface area contributed by atoms with Crippen molar-refractivity contribution in [1.82, 2.24) is 9.47 Å². The van der Waals surface area contributed by atoms with E-state index >= 15 is 4.39 Å². The highest BCUT2D eigenvalue weighted by Crippen LogP contribution is 2.31. The fourth-order valence-corrected chi connectivity index (χ4v) is 4.43. The molecule has 1 aliphatic rings. The molecule has 1 saturated heterocycles. The van der Waals surface area contributed by atoms with E-state index in [0.717, 1.165) is 6.07 Å². The quantitative estimate of drug-likeness (QED) is 0.575. The van der Waals surface area contributed by atoms with Crippen LogP contribution < -0.4 is 19.8 Å². The summed E-state index contributed by atoms with van der Waals surface area (Å²) in [6.45, 7) is 3.65. The Morgan fingerprint density at radius 2 is 1.69 bits per heavy atom. The maximum absolute atomic E-state index is 15.1. The van der Waals surface area contributed by atoms with Gasteiger partial charge in [0.1, 0.15) is 28.4 Å². The van der Waals surface area contributed by atoms with E-state index in [4.69, 9.17) is 9.47 Å². The minimum atomic E-state index is -1.35. The van der Waals surface area contributed by atoms with Gasteiger partial charge >= 0.3 is 5.97 Å². The number of methoxy groups -OCH3 is 2. The summed E-state index contributed by atoms with van der Waals surface area (Å²) in [5, 5.41) is 9.35. The first-order valence-corrected chi connectivity index (χ1v) is 11.2. The highest BCUT2D eigenvalue weighted by Gasteiger charge is 2.28. The number of piperazine rings is 1. The van der Waals surface area contributed by atoms with Crippen molar-refractivity contribution in [2.45, 2.75) is 13.5 Å². The lowest BCUT2D eigenvalue weighted by molar-refractivity contribution is 0.0693. The number of carboxylic acids is 1. The van der Waals surface area contributed by atoms with Gasteiger partial charge in [-0.1, -0.05) is 6.07 Å². The van der Waals surface area contributed by atoms with Crippen LogP contribution in [0.4, 0.5) is 10.1 Å². The smallest absolute Gasteiger partial charge is 0.341 e. The third-order valence-corrected chi connectivity index (χ3v) is 6.27.